The van der Waals surface area contributed by atoms with Crippen LogP contribution in [0.5, 0.6) is 0 Å². The Morgan fingerprint density at radius 1 is 1.33 bits per heavy atom. The van der Waals surface area contributed by atoms with Crippen molar-refractivity contribution >= 4 is 15.2 Å². The predicted octanol–water partition coefficient (Wildman–Crippen LogP) is 2.11. The van der Waals surface area contributed by atoms with Crippen LogP contribution in [0.2, 0.25) is 31.0 Å². The highest BCUT2D eigenvalue weighted by Crippen LogP contribution is 2.39. The summed E-state index contributed by atoms with van der Waals surface area (Å²) in [5.74, 6) is -0.617. The van der Waals surface area contributed by atoms with Crippen molar-refractivity contribution in [1.29, 1.82) is 5.26 Å². The van der Waals surface area contributed by atoms with E-state index in [1.54, 1.807) is 6.92 Å². The van der Waals surface area contributed by atoms with Gasteiger partial charge in [-0.05, 0) is 5.54 Å². The second-order valence-electron chi connectivity index (χ2n) is 5.31. The number of rotatable bonds is 5. The molecule has 5 heteroatoms. The van der Waals surface area contributed by atoms with E-state index in [4.69, 9.17) is 15.3 Å². The van der Waals surface area contributed by atoms with E-state index in [-0.39, 0.29) is 11.7 Å². The van der Waals surface area contributed by atoms with Crippen LogP contribution in [0.4, 0.5) is 0 Å². The standard InChI is InChI=1S/C10H22BNO2Si/c1-6-10(15(3,4)5)9(7-12)8(2)11(13)14/h8-10,13-14H,6H2,1-5H3. The highest BCUT2D eigenvalue weighted by atomic mass is 28.3. The van der Waals surface area contributed by atoms with E-state index in [0.29, 0.717) is 5.54 Å². The molecular weight excluding hydrogens is 205 g/mol. The van der Waals surface area contributed by atoms with Crippen LogP contribution in [0, 0.1) is 17.2 Å². The lowest BCUT2D eigenvalue weighted by Gasteiger charge is -2.34. The monoisotopic (exact) mass is 227 g/mol. The lowest BCUT2D eigenvalue weighted by Crippen LogP contribution is -2.37. The van der Waals surface area contributed by atoms with Crippen molar-refractivity contribution in [1.82, 2.24) is 0 Å². The minimum absolute atomic E-state index is 0.248. The van der Waals surface area contributed by atoms with Gasteiger partial charge >= 0.3 is 7.12 Å². The second kappa shape index (κ2) is 5.69. The summed E-state index contributed by atoms with van der Waals surface area (Å²) in [7, 11) is -2.81. The van der Waals surface area contributed by atoms with Gasteiger partial charge < -0.3 is 10.0 Å². The predicted molar refractivity (Wildman–Crippen MR) is 66.1 cm³/mol. The Morgan fingerprint density at radius 3 is 2.00 bits per heavy atom. The van der Waals surface area contributed by atoms with Crippen molar-refractivity contribution in [2.45, 2.75) is 51.3 Å². The Hall–Kier alpha value is -0.308. The van der Waals surface area contributed by atoms with Crippen molar-refractivity contribution in [3.8, 4) is 6.07 Å². The SMILES string of the molecule is CCC(C(C#N)C(C)B(O)O)[Si](C)(C)C. The van der Waals surface area contributed by atoms with E-state index in [9.17, 15) is 0 Å². The minimum Gasteiger partial charge on any atom is -0.427 e. The van der Waals surface area contributed by atoms with Gasteiger partial charge in [0.25, 0.3) is 0 Å². The fraction of sp³-hybridized carbons (Fsp3) is 0.900. The average Bonchev–Trinajstić information content (AvgIpc) is 2.10. The molecule has 0 fully saturated rings. The molecule has 0 aromatic heterocycles. The molecule has 0 saturated carbocycles. The third-order valence-corrected chi connectivity index (χ3v) is 6.16. The summed E-state index contributed by atoms with van der Waals surface area (Å²) in [5.41, 5.74) is 0.319. The van der Waals surface area contributed by atoms with E-state index in [1.165, 1.54) is 0 Å². The summed E-state index contributed by atoms with van der Waals surface area (Å²) in [6.07, 6.45) is 0.936. The molecule has 0 rings (SSSR count). The summed E-state index contributed by atoms with van der Waals surface area (Å²) < 4.78 is 0. The molecule has 0 bridgehead atoms. The van der Waals surface area contributed by atoms with Crippen LogP contribution in [-0.4, -0.2) is 25.2 Å². The molecule has 0 amide bonds. The topological polar surface area (TPSA) is 64.2 Å². The molecule has 0 heterocycles. The third kappa shape index (κ3) is 3.98. The molecule has 0 aliphatic carbocycles. The molecule has 0 aliphatic heterocycles. The minimum atomic E-state index is -1.42. The quantitative estimate of drug-likeness (QED) is 0.707. The molecule has 15 heavy (non-hydrogen) atoms. The van der Waals surface area contributed by atoms with Gasteiger partial charge in [0, 0.05) is 19.8 Å². The van der Waals surface area contributed by atoms with Crippen LogP contribution < -0.4 is 0 Å². The molecule has 2 N–H and O–H groups in total. The Morgan fingerprint density at radius 2 is 1.80 bits per heavy atom. The van der Waals surface area contributed by atoms with Crippen LogP contribution in [0.1, 0.15) is 20.3 Å². The normalized spacial score (nSPS) is 17.7. The molecule has 0 aliphatic rings. The largest absolute Gasteiger partial charge is 0.455 e. The van der Waals surface area contributed by atoms with Crippen LogP contribution in [0.3, 0.4) is 0 Å². The number of hydrogen-bond acceptors (Lipinski definition) is 3. The number of hydrogen-bond donors (Lipinski definition) is 2. The van der Waals surface area contributed by atoms with Gasteiger partial charge in [0.1, 0.15) is 0 Å². The highest BCUT2D eigenvalue weighted by Gasteiger charge is 2.39. The zero-order valence-corrected chi connectivity index (χ0v) is 11.4. The Bertz CT molecular complexity index is 235. The zero-order chi connectivity index (χ0) is 12.2. The van der Waals surface area contributed by atoms with Crippen molar-refractivity contribution < 1.29 is 10.0 Å². The summed E-state index contributed by atoms with van der Waals surface area (Å²) in [6.45, 7) is 10.5. The molecule has 3 nitrogen and oxygen atoms in total. The smallest absolute Gasteiger partial charge is 0.427 e. The van der Waals surface area contributed by atoms with Gasteiger partial charge in [0.15, 0.2) is 0 Å². The van der Waals surface area contributed by atoms with Gasteiger partial charge in [0.05, 0.1) is 6.07 Å². The summed E-state index contributed by atoms with van der Waals surface area (Å²) in [5, 5.41) is 27.5. The van der Waals surface area contributed by atoms with E-state index < -0.39 is 15.2 Å². The van der Waals surface area contributed by atoms with Crippen LogP contribution in [0.25, 0.3) is 0 Å². The Kier molecular flexibility index (Phi) is 5.57. The molecule has 0 spiro atoms. The molecule has 86 valence electrons. The first-order valence-electron chi connectivity index (χ1n) is 5.51. The Labute approximate surface area is 94.3 Å². The molecular formula is C10H22BNO2Si. The van der Waals surface area contributed by atoms with Crippen molar-refractivity contribution in [3.05, 3.63) is 0 Å². The van der Waals surface area contributed by atoms with Crippen LogP contribution >= 0.6 is 0 Å². The summed E-state index contributed by atoms with van der Waals surface area (Å²) in [4.78, 5) is 0. The van der Waals surface area contributed by atoms with E-state index >= 15 is 0 Å². The number of nitrogens with zero attached hydrogens (tertiary/aromatic N) is 1. The fourth-order valence-corrected chi connectivity index (χ4v) is 4.84. The Balaban J connectivity index is 4.87. The molecule has 0 radical (unpaired) electrons. The lowest BCUT2D eigenvalue weighted by molar-refractivity contribution is 0.364. The average molecular weight is 227 g/mol. The maximum absolute atomic E-state index is 9.16. The molecule has 0 aromatic carbocycles. The van der Waals surface area contributed by atoms with E-state index in [1.807, 2.05) is 0 Å². The molecule has 3 unspecified atom stereocenters. The molecule has 3 atom stereocenters. The maximum Gasteiger partial charge on any atom is 0.455 e. The van der Waals surface area contributed by atoms with E-state index in [0.717, 1.165) is 6.42 Å². The third-order valence-electron chi connectivity index (χ3n) is 3.17. The lowest BCUT2D eigenvalue weighted by atomic mass is 9.66. The fourth-order valence-electron chi connectivity index (χ4n) is 2.16. The first kappa shape index (κ1) is 14.7. The van der Waals surface area contributed by atoms with Gasteiger partial charge in [-0.2, -0.15) is 5.26 Å². The first-order valence-corrected chi connectivity index (χ1v) is 9.09. The summed E-state index contributed by atoms with van der Waals surface area (Å²) in [6, 6.07) is 2.26. The number of nitriles is 1. The highest BCUT2D eigenvalue weighted by molar-refractivity contribution is 6.77. The first-order chi connectivity index (χ1) is 6.75. The zero-order valence-electron chi connectivity index (χ0n) is 10.4. The van der Waals surface area contributed by atoms with Gasteiger partial charge in [0.2, 0.25) is 0 Å². The van der Waals surface area contributed by atoms with Gasteiger partial charge in [-0.1, -0.05) is 39.9 Å². The van der Waals surface area contributed by atoms with Crippen molar-refractivity contribution in [2.75, 3.05) is 0 Å². The van der Waals surface area contributed by atoms with Crippen molar-refractivity contribution in [3.63, 3.8) is 0 Å². The second-order valence-corrected chi connectivity index (χ2v) is 10.8. The van der Waals surface area contributed by atoms with Crippen LogP contribution in [0.15, 0.2) is 0 Å². The van der Waals surface area contributed by atoms with Gasteiger partial charge in [-0.15, -0.1) is 0 Å². The van der Waals surface area contributed by atoms with Crippen LogP contribution in [-0.2, 0) is 0 Å². The van der Waals surface area contributed by atoms with Crippen molar-refractivity contribution in [2.24, 2.45) is 5.92 Å². The molecule has 0 aromatic rings. The maximum atomic E-state index is 9.16. The van der Waals surface area contributed by atoms with Gasteiger partial charge in [-0.25, -0.2) is 0 Å². The summed E-state index contributed by atoms with van der Waals surface area (Å²) >= 11 is 0. The van der Waals surface area contributed by atoms with Gasteiger partial charge in [-0.3, -0.25) is 0 Å². The molecule has 0 saturated heterocycles. The van der Waals surface area contributed by atoms with E-state index in [2.05, 4.69) is 32.6 Å².